The van der Waals surface area contributed by atoms with E-state index in [0.29, 0.717) is 18.8 Å². The summed E-state index contributed by atoms with van der Waals surface area (Å²) < 4.78 is 52.4. The van der Waals surface area contributed by atoms with E-state index in [1.165, 1.54) is 46.8 Å². The maximum atomic E-state index is 12.7. The van der Waals surface area contributed by atoms with Gasteiger partial charge in [-0.25, -0.2) is 16.8 Å². The van der Waals surface area contributed by atoms with Crippen molar-refractivity contribution in [1.29, 1.82) is 0 Å². The molecule has 0 aliphatic carbocycles. The Labute approximate surface area is 185 Å². The van der Waals surface area contributed by atoms with E-state index in [4.69, 9.17) is 23.2 Å². The number of hydrogen-bond donors (Lipinski definition) is 2. The summed E-state index contributed by atoms with van der Waals surface area (Å²) in [6.45, 7) is 4.12. The lowest BCUT2D eigenvalue weighted by molar-refractivity contribution is -0.116. The minimum atomic E-state index is -4.04. The van der Waals surface area contributed by atoms with Crippen molar-refractivity contribution in [2.24, 2.45) is 0 Å². The second-order valence-electron chi connectivity index (χ2n) is 6.46. The number of carbonyl (C=O) groups excluding carboxylic acids is 1. The zero-order chi connectivity index (χ0) is 22.3. The Balaban J connectivity index is 1.87. The van der Waals surface area contributed by atoms with Gasteiger partial charge in [-0.3, -0.25) is 9.52 Å². The standard InChI is InChI=1S/C18H19Cl2N3O5S2/c1-3-23(4-2)30(27,28)13-7-5-12(6-8-13)22-29(25,26)14-9-10-16-15(11-14)18(19,20)17(24)21-16/h5-11,22H,3-4H2,1-2H3,(H,21,24). The second-order valence-corrected chi connectivity index (χ2v) is 11.4. The summed E-state index contributed by atoms with van der Waals surface area (Å²) in [6.07, 6.45) is 0. The van der Waals surface area contributed by atoms with Gasteiger partial charge in [0, 0.05) is 30.0 Å². The van der Waals surface area contributed by atoms with Crippen LogP contribution in [0.15, 0.2) is 52.3 Å². The molecule has 0 atom stereocenters. The van der Waals surface area contributed by atoms with E-state index in [0.717, 1.165) is 0 Å². The van der Waals surface area contributed by atoms with Gasteiger partial charge in [-0.1, -0.05) is 37.0 Å². The molecule has 0 radical (unpaired) electrons. The number of rotatable bonds is 7. The number of nitrogens with one attached hydrogen (secondary N) is 2. The van der Waals surface area contributed by atoms with Crippen LogP contribution in [0.1, 0.15) is 19.4 Å². The fourth-order valence-corrected chi connectivity index (χ4v) is 5.95. The van der Waals surface area contributed by atoms with Crippen LogP contribution in [0.4, 0.5) is 11.4 Å². The summed E-state index contributed by atoms with van der Waals surface area (Å²) in [5.74, 6) is -0.659. The Morgan fingerprint density at radius 2 is 1.53 bits per heavy atom. The smallest absolute Gasteiger partial charge is 0.265 e. The quantitative estimate of drug-likeness (QED) is 0.577. The number of fused-ring (bicyclic) bond motifs is 1. The molecule has 0 bridgehead atoms. The molecule has 0 saturated heterocycles. The number of alkyl halides is 2. The number of sulfonamides is 2. The Morgan fingerprint density at radius 3 is 2.10 bits per heavy atom. The predicted octanol–water partition coefficient (Wildman–Crippen LogP) is 3.10. The first-order chi connectivity index (χ1) is 13.9. The Kier molecular flexibility index (Phi) is 6.09. The van der Waals surface area contributed by atoms with Crippen LogP contribution in [0.2, 0.25) is 0 Å². The van der Waals surface area contributed by atoms with Gasteiger partial charge in [-0.05, 0) is 42.5 Å². The SMILES string of the molecule is CCN(CC)S(=O)(=O)c1ccc(NS(=O)(=O)c2ccc3c(c2)C(Cl)(Cl)C(=O)N3)cc1. The number of amides is 1. The van der Waals surface area contributed by atoms with Crippen LogP contribution < -0.4 is 10.0 Å². The highest BCUT2D eigenvalue weighted by atomic mass is 35.5. The van der Waals surface area contributed by atoms with E-state index in [1.807, 2.05) is 0 Å². The van der Waals surface area contributed by atoms with Gasteiger partial charge in [0.1, 0.15) is 0 Å². The molecule has 8 nitrogen and oxygen atoms in total. The van der Waals surface area contributed by atoms with Crippen LogP contribution >= 0.6 is 23.2 Å². The predicted molar refractivity (Wildman–Crippen MR) is 116 cm³/mol. The van der Waals surface area contributed by atoms with E-state index in [2.05, 4.69) is 10.0 Å². The summed E-state index contributed by atoms with van der Waals surface area (Å²) in [5.41, 5.74) is 0.639. The van der Waals surface area contributed by atoms with E-state index < -0.39 is 30.3 Å². The fourth-order valence-electron chi connectivity index (χ4n) is 3.00. The molecule has 162 valence electrons. The van der Waals surface area contributed by atoms with Gasteiger partial charge in [-0.2, -0.15) is 4.31 Å². The lowest BCUT2D eigenvalue weighted by atomic mass is 10.1. The molecule has 2 aromatic carbocycles. The molecule has 30 heavy (non-hydrogen) atoms. The lowest BCUT2D eigenvalue weighted by Gasteiger charge is -2.18. The summed E-state index contributed by atoms with van der Waals surface area (Å²) in [7, 11) is -7.69. The highest BCUT2D eigenvalue weighted by molar-refractivity contribution is 7.92. The minimum absolute atomic E-state index is 0.0605. The zero-order valence-corrected chi connectivity index (χ0v) is 19.2. The van der Waals surface area contributed by atoms with E-state index in [-0.39, 0.29) is 21.0 Å². The Morgan fingerprint density at radius 1 is 0.967 bits per heavy atom. The number of benzene rings is 2. The van der Waals surface area contributed by atoms with Crippen LogP contribution in [0.5, 0.6) is 0 Å². The average molecular weight is 492 g/mol. The first-order valence-corrected chi connectivity index (χ1v) is 12.6. The molecular weight excluding hydrogens is 473 g/mol. The van der Waals surface area contributed by atoms with Gasteiger partial charge >= 0.3 is 0 Å². The van der Waals surface area contributed by atoms with Crippen molar-refractivity contribution in [3.8, 4) is 0 Å². The first kappa shape index (κ1) is 22.8. The number of anilines is 2. The van der Waals surface area contributed by atoms with Gasteiger partial charge in [0.2, 0.25) is 14.4 Å². The van der Waals surface area contributed by atoms with E-state index in [9.17, 15) is 21.6 Å². The molecule has 0 unspecified atom stereocenters. The molecule has 0 saturated carbocycles. The molecule has 1 aliphatic rings. The normalized spacial score (nSPS) is 15.7. The molecule has 1 amide bonds. The molecule has 1 heterocycles. The molecule has 2 N–H and O–H groups in total. The van der Waals surface area contributed by atoms with Gasteiger partial charge in [-0.15, -0.1) is 0 Å². The number of nitrogens with zero attached hydrogens (tertiary/aromatic N) is 1. The number of carbonyl (C=O) groups is 1. The van der Waals surface area contributed by atoms with Crippen molar-refractivity contribution in [3.63, 3.8) is 0 Å². The molecule has 12 heteroatoms. The van der Waals surface area contributed by atoms with Crippen molar-refractivity contribution < 1.29 is 21.6 Å². The zero-order valence-electron chi connectivity index (χ0n) is 16.0. The maximum Gasteiger partial charge on any atom is 0.265 e. The Hall–Kier alpha value is -1.85. The van der Waals surface area contributed by atoms with Gasteiger partial charge in [0.25, 0.3) is 15.9 Å². The third-order valence-electron chi connectivity index (χ3n) is 4.62. The van der Waals surface area contributed by atoms with Crippen molar-refractivity contribution in [2.45, 2.75) is 28.0 Å². The maximum absolute atomic E-state index is 12.7. The van der Waals surface area contributed by atoms with Crippen molar-refractivity contribution in [3.05, 3.63) is 48.0 Å². The highest BCUT2D eigenvalue weighted by Crippen LogP contribution is 2.45. The van der Waals surface area contributed by atoms with Crippen LogP contribution in [0, 0.1) is 0 Å². The van der Waals surface area contributed by atoms with Crippen LogP contribution in [-0.2, 0) is 29.2 Å². The van der Waals surface area contributed by atoms with Gasteiger partial charge < -0.3 is 5.32 Å². The molecule has 2 aromatic rings. The highest BCUT2D eigenvalue weighted by Gasteiger charge is 2.44. The monoisotopic (exact) mass is 491 g/mol. The number of halogens is 2. The topological polar surface area (TPSA) is 113 Å². The molecule has 0 aromatic heterocycles. The fraction of sp³-hybridized carbons (Fsp3) is 0.278. The van der Waals surface area contributed by atoms with Crippen molar-refractivity contribution in [1.82, 2.24) is 4.31 Å². The van der Waals surface area contributed by atoms with E-state index >= 15 is 0 Å². The van der Waals surface area contributed by atoms with Crippen LogP contribution in [0.25, 0.3) is 0 Å². The average Bonchev–Trinajstić information content (AvgIpc) is 2.91. The second kappa shape index (κ2) is 8.01. The summed E-state index contributed by atoms with van der Waals surface area (Å²) in [5, 5.41) is 2.48. The third kappa shape index (κ3) is 4.02. The first-order valence-electron chi connectivity index (χ1n) is 8.90. The van der Waals surface area contributed by atoms with Crippen molar-refractivity contribution in [2.75, 3.05) is 23.1 Å². The molecule has 3 rings (SSSR count). The number of hydrogen-bond acceptors (Lipinski definition) is 5. The molecule has 0 spiro atoms. The molecule has 0 fully saturated rings. The molecule has 1 aliphatic heterocycles. The lowest BCUT2D eigenvalue weighted by Crippen LogP contribution is -2.30. The van der Waals surface area contributed by atoms with Crippen LogP contribution in [-0.4, -0.2) is 40.1 Å². The minimum Gasteiger partial charge on any atom is -0.323 e. The van der Waals surface area contributed by atoms with Gasteiger partial charge in [0.05, 0.1) is 9.79 Å². The van der Waals surface area contributed by atoms with Crippen LogP contribution in [0.3, 0.4) is 0 Å². The van der Waals surface area contributed by atoms with Crippen molar-refractivity contribution >= 4 is 60.5 Å². The summed E-state index contributed by atoms with van der Waals surface area (Å²) >= 11 is 12.0. The Bertz CT molecular complexity index is 1190. The largest absolute Gasteiger partial charge is 0.323 e. The van der Waals surface area contributed by atoms with E-state index in [1.54, 1.807) is 13.8 Å². The summed E-state index contributed by atoms with van der Waals surface area (Å²) in [6, 6.07) is 9.30. The van der Waals surface area contributed by atoms with Gasteiger partial charge in [0.15, 0.2) is 0 Å². The third-order valence-corrected chi connectivity index (χ3v) is 8.82. The molecular formula is C18H19Cl2N3O5S2. The summed E-state index contributed by atoms with van der Waals surface area (Å²) in [4.78, 5) is 11.7.